The molecule has 0 fully saturated rings. The summed E-state index contributed by atoms with van der Waals surface area (Å²) in [5.74, 6) is 1.22. The molecule has 8 heteroatoms. The van der Waals surface area contributed by atoms with E-state index in [9.17, 15) is 9.59 Å². The second kappa shape index (κ2) is 5.58. The number of aromatic nitrogens is 4. The van der Waals surface area contributed by atoms with Crippen LogP contribution < -0.4 is 11.1 Å². The van der Waals surface area contributed by atoms with Gasteiger partial charge in [-0.2, -0.15) is 0 Å². The Balaban J connectivity index is 2.52. The van der Waals surface area contributed by atoms with Crippen LogP contribution in [0.15, 0.2) is 21.7 Å². The molecule has 114 valence electrons. The monoisotopic (exact) mass is 426 g/mol. The molecule has 0 saturated carbocycles. The van der Waals surface area contributed by atoms with E-state index in [1.165, 1.54) is 9.13 Å². The van der Waals surface area contributed by atoms with Crippen molar-refractivity contribution in [1.82, 2.24) is 19.1 Å². The summed E-state index contributed by atoms with van der Waals surface area (Å²) in [7, 11) is 3.36. The Labute approximate surface area is 142 Å². The molecule has 0 bridgehead atoms. The Morgan fingerprint density at radius 2 is 1.23 bits per heavy atom. The molecule has 0 aliphatic heterocycles. The molecule has 6 nitrogen and oxygen atoms in total. The number of hydrogen-bond acceptors (Lipinski definition) is 4. The molecular weight excluding hydrogens is 416 g/mol. The molecule has 22 heavy (non-hydrogen) atoms. The Morgan fingerprint density at radius 3 is 1.55 bits per heavy atom. The molecule has 0 spiro atoms. The molecule has 2 heterocycles. The topological polar surface area (TPSA) is 69.8 Å². The lowest BCUT2D eigenvalue weighted by Gasteiger charge is -2.09. The van der Waals surface area contributed by atoms with Crippen LogP contribution in [0, 0.1) is 0 Å². The summed E-state index contributed by atoms with van der Waals surface area (Å²) in [6.45, 7) is 0. The van der Waals surface area contributed by atoms with Crippen molar-refractivity contribution in [3.8, 4) is 0 Å². The van der Waals surface area contributed by atoms with Crippen LogP contribution in [0.4, 0.5) is 0 Å². The highest BCUT2D eigenvalue weighted by Gasteiger charge is 2.13. The first-order valence-electron chi connectivity index (χ1n) is 6.49. The molecule has 3 rings (SSSR count). The molecule has 0 aliphatic rings. The van der Waals surface area contributed by atoms with E-state index < -0.39 is 0 Å². The lowest BCUT2D eigenvalue weighted by atomic mass is 10.1. The van der Waals surface area contributed by atoms with E-state index >= 15 is 0 Å². The molecule has 0 unspecified atom stereocenters. The third-order valence-corrected chi connectivity index (χ3v) is 4.70. The van der Waals surface area contributed by atoms with E-state index in [4.69, 9.17) is 0 Å². The quantitative estimate of drug-likeness (QED) is 0.463. The van der Waals surface area contributed by atoms with Crippen LogP contribution in [0.1, 0.15) is 11.6 Å². The van der Waals surface area contributed by atoms with Gasteiger partial charge in [0.25, 0.3) is 11.1 Å². The highest BCUT2D eigenvalue weighted by molar-refractivity contribution is 9.08. The molecule has 0 atom stereocenters. The summed E-state index contributed by atoms with van der Waals surface area (Å²) >= 11 is 6.63. The van der Waals surface area contributed by atoms with Crippen LogP contribution in [0.5, 0.6) is 0 Å². The van der Waals surface area contributed by atoms with Gasteiger partial charge in [0.1, 0.15) is 11.6 Å². The second-order valence-corrected chi connectivity index (χ2v) is 6.06. The van der Waals surface area contributed by atoms with Gasteiger partial charge in [-0.3, -0.25) is 18.7 Å². The SMILES string of the molecule is Cn1c(CBr)nc2cc3c(=O)n(C)c(CBr)nc3cc2c1=O. The van der Waals surface area contributed by atoms with Gasteiger partial charge in [0.05, 0.1) is 32.5 Å². The minimum Gasteiger partial charge on any atom is -0.299 e. The summed E-state index contributed by atoms with van der Waals surface area (Å²) < 4.78 is 2.99. The van der Waals surface area contributed by atoms with Gasteiger partial charge in [-0.05, 0) is 12.1 Å². The van der Waals surface area contributed by atoms with Gasteiger partial charge < -0.3 is 0 Å². The lowest BCUT2D eigenvalue weighted by Crippen LogP contribution is -2.24. The predicted molar refractivity (Wildman–Crippen MR) is 92.8 cm³/mol. The number of benzene rings is 1. The fourth-order valence-electron chi connectivity index (χ4n) is 2.37. The van der Waals surface area contributed by atoms with Crippen LogP contribution in [0.2, 0.25) is 0 Å². The van der Waals surface area contributed by atoms with Crippen molar-refractivity contribution in [1.29, 1.82) is 0 Å². The maximum absolute atomic E-state index is 12.4. The standard InChI is InChI=1S/C14H12Br2N4O2/c1-19-11(5-15)17-9-4-8-10(3-7(9)13(19)21)18-12(6-16)20(2)14(8)22/h3-4H,5-6H2,1-2H3. The third-order valence-electron chi connectivity index (χ3n) is 3.70. The van der Waals surface area contributed by atoms with Crippen molar-refractivity contribution in [2.75, 3.05) is 0 Å². The van der Waals surface area contributed by atoms with Crippen LogP contribution in [-0.2, 0) is 24.8 Å². The van der Waals surface area contributed by atoms with Crippen molar-refractivity contribution in [3.63, 3.8) is 0 Å². The average Bonchev–Trinajstić information content (AvgIpc) is 2.53. The Bertz CT molecular complexity index is 940. The molecule has 0 N–H and O–H groups in total. The van der Waals surface area contributed by atoms with Crippen molar-refractivity contribution in [2.45, 2.75) is 10.7 Å². The fraction of sp³-hybridized carbons (Fsp3) is 0.286. The van der Waals surface area contributed by atoms with Gasteiger partial charge in [0, 0.05) is 14.1 Å². The maximum Gasteiger partial charge on any atom is 0.261 e. The van der Waals surface area contributed by atoms with Crippen LogP contribution >= 0.6 is 31.9 Å². The van der Waals surface area contributed by atoms with E-state index in [1.807, 2.05) is 0 Å². The Morgan fingerprint density at radius 1 is 0.864 bits per heavy atom. The van der Waals surface area contributed by atoms with E-state index in [0.717, 1.165) is 0 Å². The summed E-state index contributed by atoms with van der Waals surface area (Å²) in [6.07, 6.45) is 0. The number of rotatable bonds is 2. The molecule has 0 amide bonds. The predicted octanol–water partition coefficient (Wildman–Crippen LogP) is 1.97. The molecule has 0 aliphatic carbocycles. The molecule has 0 radical (unpaired) electrons. The number of fused-ring (bicyclic) bond motifs is 2. The Hall–Kier alpha value is -1.54. The van der Waals surface area contributed by atoms with Gasteiger partial charge in [-0.15, -0.1) is 0 Å². The molecule has 2 aromatic heterocycles. The van der Waals surface area contributed by atoms with Crippen molar-refractivity contribution in [3.05, 3.63) is 44.5 Å². The number of nitrogens with zero attached hydrogens (tertiary/aromatic N) is 4. The molecular formula is C14H12Br2N4O2. The van der Waals surface area contributed by atoms with Crippen LogP contribution in [-0.4, -0.2) is 19.1 Å². The third kappa shape index (κ3) is 2.21. The highest BCUT2D eigenvalue weighted by atomic mass is 79.9. The fourth-order valence-corrected chi connectivity index (χ4v) is 3.37. The zero-order valence-electron chi connectivity index (χ0n) is 11.9. The first kappa shape index (κ1) is 15.4. The van der Waals surface area contributed by atoms with Crippen LogP contribution in [0.25, 0.3) is 21.8 Å². The van der Waals surface area contributed by atoms with Crippen molar-refractivity contribution < 1.29 is 0 Å². The molecule has 1 aromatic carbocycles. The lowest BCUT2D eigenvalue weighted by molar-refractivity contribution is 0.783. The first-order valence-corrected chi connectivity index (χ1v) is 8.73. The molecule has 0 saturated heterocycles. The molecule has 3 aromatic rings. The van der Waals surface area contributed by atoms with E-state index in [-0.39, 0.29) is 11.1 Å². The minimum atomic E-state index is -0.149. The maximum atomic E-state index is 12.4. The first-order chi connectivity index (χ1) is 10.5. The van der Waals surface area contributed by atoms with Crippen LogP contribution in [0.3, 0.4) is 0 Å². The number of alkyl halides is 2. The van der Waals surface area contributed by atoms with Gasteiger partial charge in [-0.25, -0.2) is 9.97 Å². The highest BCUT2D eigenvalue weighted by Crippen LogP contribution is 2.17. The van der Waals surface area contributed by atoms with Gasteiger partial charge >= 0.3 is 0 Å². The van der Waals surface area contributed by atoms with Gasteiger partial charge in [-0.1, -0.05) is 31.9 Å². The number of hydrogen-bond donors (Lipinski definition) is 0. The van der Waals surface area contributed by atoms with Crippen molar-refractivity contribution >= 4 is 53.7 Å². The largest absolute Gasteiger partial charge is 0.299 e. The average molecular weight is 428 g/mol. The second-order valence-electron chi connectivity index (χ2n) is 4.94. The van der Waals surface area contributed by atoms with E-state index in [0.29, 0.717) is 44.1 Å². The van der Waals surface area contributed by atoms with E-state index in [2.05, 4.69) is 41.8 Å². The summed E-state index contributed by atoms with van der Waals surface area (Å²) in [4.78, 5) is 33.8. The van der Waals surface area contributed by atoms with Gasteiger partial charge in [0.15, 0.2) is 0 Å². The summed E-state index contributed by atoms with van der Waals surface area (Å²) in [5.41, 5.74) is 0.722. The summed E-state index contributed by atoms with van der Waals surface area (Å²) in [6, 6.07) is 3.29. The Kier molecular flexibility index (Phi) is 3.90. The van der Waals surface area contributed by atoms with E-state index in [1.54, 1.807) is 26.2 Å². The van der Waals surface area contributed by atoms with Gasteiger partial charge in [0.2, 0.25) is 0 Å². The smallest absolute Gasteiger partial charge is 0.261 e. The zero-order valence-corrected chi connectivity index (χ0v) is 15.1. The summed E-state index contributed by atoms with van der Waals surface area (Å²) in [5, 5.41) is 1.85. The number of halogens is 2. The minimum absolute atomic E-state index is 0.149. The zero-order chi connectivity index (χ0) is 16.0. The normalized spacial score (nSPS) is 11.5. The van der Waals surface area contributed by atoms with Crippen molar-refractivity contribution in [2.24, 2.45) is 14.1 Å².